The van der Waals surface area contributed by atoms with Crippen LogP contribution in [-0.4, -0.2) is 27.2 Å². The van der Waals surface area contributed by atoms with Gasteiger partial charge in [0.15, 0.2) is 0 Å². The number of para-hydroxylation sites is 1. The van der Waals surface area contributed by atoms with Gasteiger partial charge in [-0.2, -0.15) is 0 Å². The van der Waals surface area contributed by atoms with E-state index >= 15 is 0 Å². The number of hydrogen-bond acceptors (Lipinski definition) is 5. The van der Waals surface area contributed by atoms with E-state index in [1.54, 1.807) is 24.6 Å². The highest BCUT2D eigenvalue weighted by molar-refractivity contribution is 7.94. The minimum Gasteiger partial charge on any atom is -0.392 e. The average Bonchev–Trinajstić information content (AvgIpc) is 2.96. The number of aliphatic hydroxyl groups excluding tert-OH is 1. The van der Waals surface area contributed by atoms with Gasteiger partial charge in [0.2, 0.25) is 0 Å². The number of methoxy groups -OCH3 is 1. The minimum atomic E-state index is -3.63. The number of aliphatic hydroxyl groups is 1. The molecule has 0 atom stereocenters. The Morgan fingerprint density at radius 1 is 1.33 bits per heavy atom. The van der Waals surface area contributed by atoms with E-state index in [2.05, 4.69) is 4.72 Å². The standard InChI is InChI=1S/C14H17NO4S2/c1-19-7-6-12-4-2-3-5-13(12)15-21(17,18)14-8-11(9-16)10-20-14/h2-5,8,10,15-16H,6-7,9H2,1H3. The summed E-state index contributed by atoms with van der Waals surface area (Å²) in [5, 5.41) is 10.7. The highest BCUT2D eigenvalue weighted by Gasteiger charge is 2.18. The average molecular weight is 327 g/mol. The van der Waals surface area contributed by atoms with Gasteiger partial charge in [-0.3, -0.25) is 4.72 Å². The molecule has 1 heterocycles. The van der Waals surface area contributed by atoms with E-state index in [-0.39, 0.29) is 10.8 Å². The lowest BCUT2D eigenvalue weighted by molar-refractivity contribution is 0.202. The summed E-state index contributed by atoms with van der Waals surface area (Å²) < 4.78 is 32.5. The Morgan fingerprint density at radius 2 is 2.10 bits per heavy atom. The summed E-state index contributed by atoms with van der Waals surface area (Å²) in [5.41, 5.74) is 2.02. The van der Waals surface area contributed by atoms with Crippen LogP contribution in [0.4, 0.5) is 5.69 Å². The van der Waals surface area contributed by atoms with E-state index in [1.807, 2.05) is 12.1 Å². The van der Waals surface area contributed by atoms with Gasteiger partial charge < -0.3 is 9.84 Å². The number of anilines is 1. The molecular formula is C14H17NO4S2. The summed E-state index contributed by atoms with van der Waals surface area (Å²) in [6, 6.07) is 8.71. The predicted octanol–water partition coefficient (Wildman–Crippen LogP) is 2.23. The molecule has 0 aliphatic heterocycles. The fourth-order valence-corrected chi connectivity index (χ4v) is 4.12. The minimum absolute atomic E-state index is 0.170. The van der Waals surface area contributed by atoms with Crippen molar-refractivity contribution in [2.45, 2.75) is 17.2 Å². The lowest BCUT2D eigenvalue weighted by atomic mass is 10.1. The lowest BCUT2D eigenvalue weighted by Gasteiger charge is -2.11. The molecule has 2 N–H and O–H groups in total. The highest BCUT2D eigenvalue weighted by atomic mass is 32.2. The highest BCUT2D eigenvalue weighted by Crippen LogP contribution is 2.25. The molecule has 0 amide bonds. The van der Waals surface area contributed by atoms with Crippen LogP contribution < -0.4 is 4.72 Å². The SMILES string of the molecule is COCCc1ccccc1NS(=O)(=O)c1cc(CO)cs1. The normalized spacial score (nSPS) is 11.5. The molecule has 0 unspecified atom stereocenters. The van der Waals surface area contributed by atoms with E-state index in [0.29, 0.717) is 24.3 Å². The van der Waals surface area contributed by atoms with Gasteiger partial charge in [-0.25, -0.2) is 8.42 Å². The Hall–Kier alpha value is -1.41. The smallest absolute Gasteiger partial charge is 0.271 e. The van der Waals surface area contributed by atoms with Crippen LogP contribution in [0, 0.1) is 0 Å². The molecule has 0 radical (unpaired) electrons. The largest absolute Gasteiger partial charge is 0.392 e. The first kappa shape index (κ1) is 16.0. The third kappa shape index (κ3) is 4.04. The second-order valence-electron chi connectivity index (χ2n) is 4.44. The molecule has 1 aromatic heterocycles. The van der Waals surface area contributed by atoms with Crippen molar-refractivity contribution >= 4 is 27.0 Å². The van der Waals surface area contributed by atoms with Gasteiger partial charge >= 0.3 is 0 Å². The number of hydrogen-bond donors (Lipinski definition) is 2. The van der Waals surface area contributed by atoms with Gasteiger partial charge in [0, 0.05) is 7.11 Å². The quantitative estimate of drug-likeness (QED) is 0.818. The molecule has 0 aliphatic rings. The monoisotopic (exact) mass is 327 g/mol. The Bertz CT molecular complexity index is 695. The topological polar surface area (TPSA) is 75.6 Å². The van der Waals surface area contributed by atoms with E-state index in [4.69, 9.17) is 9.84 Å². The van der Waals surface area contributed by atoms with Crippen molar-refractivity contribution in [2.75, 3.05) is 18.4 Å². The Balaban J connectivity index is 2.24. The third-order valence-corrected chi connectivity index (χ3v) is 5.77. The second-order valence-corrected chi connectivity index (χ2v) is 7.26. The van der Waals surface area contributed by atoms with E-state index in [0.717, 1.165) is 16.9 Å². The second kappa shape index (κ2) is 7.04. The van der Waals surface area contributed by atoms with Gasteiger partial charge in [0.1, 0.15) is 4.21 Å². The summed E-state index contributed by atoms with van der Waals surface area (Å²) in [7, 11) is -2.03. The number of benzene rings is 1. The summed E-state index contributed by atoms with van der Waals surface area (Å²) >= 11 is 1.09. The molecule has 0 spiro atoms. The van der Waals surface area contributed by atoms with Gasteiger partial charge in [-0.1, -0.05) is 18.2 Å². The van der Waals surface area contributed by atoms with Crippen molar-refractivity contribution in [1.29, 1.82) is 0 Å². The zero-order valence-corrected chi connectivity index (χ0v) is 13.2. The van der Waals surface area contributed by atoms with Gasteiger partial charge in [-0.05, 0) is 35.1 Å². The number of ether oxygens (including phenoxy) is 1. The first-order valence-electron chi connectivity index (χ1n) is 6.35. The van der Waals surface area contributed by atoms with Crippen molar-refractivity contribution in [1.82, 2.24) is 0 Å². The molecule has 1 aromatic carbocycles. The van der Waals surface area contributed by atoms with E-state index in [9.17, 15) is 8.42 Å². The van der Waals surface area contributed by atoms with Gasteiger partial charge in [-0.15, -0.1) is 11.3 Å². The van der Waals surface area contributed by atoms with Crippen LogP contribution in [0.1, 0.15) is 11.1 Å². The molecule has 114 valence electrons. The molecule has 0 saturated heterocycles. The predicted molar refractivity (Wildman–Crippen MR) is 83.1 cm³/mol. The van der Waals surface area contributed by atoms with Crippen LogP contribution in [0.25, 0.3) is 0 Å². The number of rotatable bonds is 7. The first-order chi connectivity index (χ1) is 10.1. The molecule has 5 nitrogen and oxygen atoms in total. The summed E-state index contributed by atoms with van der Waals surface area (Å²) in [6.45, 7) is 0.350. The fourth-order valence-electron chi connectivity index (χ4n) is 1.82. The van der Waals surface area contributed by atoms with Crippen molar-refractivity contribution < 1.29 is 18.3 Å². The van der Waals surface area contributed by atoms with Crippen LogP contribution in [0.3, 0.4) is 0 Å². The lowest BCUT2D eigenvalue weighted by Crippen LogP contribution is -2.13. The van der Waals surface area contributed by atoms with Gasteiger partial charge in [0.25, 0.3) is 10.0 Å². The third-order valence-electron chi connectivity index (χ3n) is 2.91. The zero-order chi connectivity index (χ0) is 15.3. The van der Waals surface area contributed by atoms with Crippen LogP contribution >= 0.6 is 11.3 Å². The molecule has 21 heavy (non-hydrogen) atoms. The fraction of sp³-hybridized carbons (Fsp3) is 0.286. The van der Waals surface area contributed by atoms with Crippen LogP contribution in [0.15, 0.2) is 39.9 Å². The van der Waals surface area contributed by atoms with Crippen molar-refractivity contribution in [3.05, 3.63) is 46.8 Å². The summed E-state index contributed by atoms with van der Waals surface area (Å²) in [5.74, 6) is 0. The van der Waals surface area contributed by atoms with Crippen molar-refractivity contribution in [2.24, 2.45) is 0 Å². The van der Waals surface area contributed by atoms with E-state index < -0.39 is 10.0 Å². The Labute approximate surface area is 128 Å². The molecule has 7 heteroatoms. The summed E-state index contributed by atoms with van der Waals surface area (Å²) in [6.07, 6.45) is 0.627. The molecule has 2 rings (SSSR count). The van der Waals surface area contributed by atoms with Crippen LogP contribution in [0.2, 0.25) is 0 Å². The van der Waals surface area contributed by atoms with Gasteiger partial charge in [0.05, 0.1) is 18.9 Å². The Morgan fingerprint density at radius 3 is 2.76 bits per heavy atom. The number of nitrogens with one attached hydrogen (secondary N) is 1. The first-order valence-corrected chi connectivity index (χ1v) is 8.71. The Kier molecular flexibility index (Phi) is 5.35. The molecule has 0 bridgehead atoms. The molecule has 2 aromatic rings. The zero-order valence-electron chi connectivity index (χ0n) is 11.6. The van der Waals surface area contributed by atoms with Crippen molar-refractivity contribution in [3.8, 4) is 0 Å². The maximum absolute atomic E-state index is 12.3. The molecule has 0 saturated carbocycles. The van der Waals surface area contributed by atoms with E-state index in [1.165, 1.54) is 6.07 Å². The summed E-state index contributed by atoms with van der Waals surface area (Å²) in [4.78, 5) is 0. The maximum Gasteiger partial charge on any atom is 0.271 e. The number of sulfonamides is 1. The molecule has 0 fully saturated rings. The number of thiophene rings is 1. The van der Waals surface area contributed by atoms with Crippen LogP contribution in [0.5, 0.6) is 0 Å². The molecule has 0 aliphatic carbocycles. The maximum atomic E-state index is 12.3. The van der Waals surface area contributed by atoms with Crippen LogP contribution in [-0.2, 0) is 27.8 Å². The molecular weight excluding hydrogens is 310 g/mol. The van der Waals surface area contributed by atoms with Crippen molar-refractivity contribution in [3.63, 3.8) is 0 Å².